The first-order valence-electron chi connectivity index (χ1n) is 13.3. The normalized spacial score (nSPS) is 13.5. The van der Waals surface area contributed by atoms with E-state index in [4.69, 9.17) is 10.5 Å². The van der Waals surface area contributed by atoms with Crippen molar-refractivity contribution in [2.24, 2.45) is 0 Å². The zero-order valence-electron chi connectivity index (χ0n) is 24.4. The number of carbonyl (C=O) groups is 1. The number of nitrogens with zero attached hydrogens (tertiary/aromatic N) is 1. The van der Waals surface area contributed by atoms with Crippen LogP contribution in [0.1, 0.15) is 68.8 Å². The van der Waals surface area contributed by atoms with E-state index in [2.05, 4.69) is 4.72 Å². The van der Waals surface area contributed by atoms with E-state index in [0.29, 0.717) is 41.6 Å². The van der Waals surface area contributed by atoms with Gasteiger partial charge in [-0.1, -0.05) is 64.1 Å². The molecule has 41 heavy (non-hydrogen) atoms. The maximum atomic E-state index is 13.1. The van der Waals surface area contributed by atoms with Gasteiger partial charge in [0.15, 0.2) is 0 Å². The van der Waals surface area contributed by atoms with E-state index in [0.717, 1.165) is 41.7 Å². The van der Waals surface area contributed by atoms with Crippen LogP contribution in [0.5, 0.6) is 0 Å². The first kappa shape index (κ1) is 32.1. The van der Waals surface area contributed by atoms with Gasteiger partial charge in [0.25, 0.3) is 0 Å². The molecule has 1 unspecified atom stereocenters. The molecule has 1 atom stereocenters. The Morgan fingerprint density at radius 3 is 2.22 bits per heavy atom. The largest absolute Gasteiger partial charge is 0.478 e. The van der Waals surface area contributed by atoms with Crippen LogP contribution in [0, 0.1) is 5.41 Å². The van der Waals surface area contributed by atoms with Crippen LogP contribution >= 0.6 is 0 Å². The predicted molar refractivity (Wildman–Crippen MR) is 165 cm³/mol. The smallest absolute Gasteiger partial charge is 0.327 e. The van der Waals surface area contributed by atoms with Crippen molar-refractivity contribution >= 4 is 48.3 Å². The number of fused-ring (bicyclic) bond motifs is 1. The van der Waals surface area contributed by atoms with Crippen molar-refractivity contribution in [3.05, 3.63) is 77.0 Å². The molecule has 0 aliphatic heterocycles. The highest BCUT2D eigenvalue weighted by Crippen LogP contribution is 2.38. The summed E-state index contributed by atoms with van der Waals surface area (Å²) in [6.45, 7) is 7.84. The number of nitrogens with one attached hydrogen (secondary N) is 2. The van der Waals surface area contributed by atoms with Crippen molar-refractivity contribution in [3.8, 4) is 0 Å². The van der Waals surface area contributed by atoms with E-state index in [9.17, 15) is 21.6 Å². The number of carboxylic acid groups (broad SMARTS) is 1. The summed E-state index contributed by atoms with van der Waals surface area (Å²) < 4.78 is 53.6. The van der Waals surface area contributed by atoms with E-state index >= 15 is 0 Å². The van der Waals surface area contributed by atoms with E-state index in [1.165, 1.54) is 3.97 Å². The Labute approximate surface area is 242 Å². The number of aromatic nitrogens is 1. The van der Waals surface area contributed by atoms with Crippen LogP contribution in [-0.2, 0) is 43.1 Å². The van der Waals surface area contributed by atoms with Crippen LogP contribution in [0.15, 0.2) is 54.6 Å². The minimum atomic E-state index is -3.75. The van der Waals surface area contributed by atoms with Gasteiger partial charge in [-0.3, -0.25) is 4.72 Å². The fraction of sp³-hybridized carbons (Fsp3) is 0.400. The molecule has 0 amide bonds. The molecule has 3 N–H and O–H groups in total. The summed E-state index contributed by atoms with van der Waals surface area (Å²) in [5, 5.41) is 18.5. The fourth-order valence-electron chi connectivity index (χ4n) is 5.26. The van der Waals surface area contributed by atoms with Crippen LogP contribution in [0.25, 0.3) is 10.9 Å². The maximum Gasteiger partial charge on any atom is 0.327 e. The molecule has 0 radical (unpaired) electrons. The highest BCUT2D eigenvalue weighted by molar-refractivity contribution is 7.92. The summed E-state index contributed by atoms with van der Waals surface area (Å²) in [6.07, 6.45) is 6.97. The van der Waals surface area contributed by atoms with Crippen molar-refractivity contribution in [2.45, 2.75) is 64.7 Å². The predicted octanol–water partition coefficient (Wildman–Crippen LogP) is 5.45. The second-order valence-corrected chi connectivity index (χ2v) is 15.0. The Kier molecular flexibility index (Phi) is 9.54. The first-order valence-corrected chi connectivity index (χ1v) is 17.1. The average Bonchev–Trinajstić information content (AvgIpc) is 3.17. The molecular weight excluding hydrogens is 562 g/mol. The molecule has 0 fully saturated rings. The van der Waals surface area contributed by atoms with Gasteiger partial charge >= 0.3 is 5.97 Å². The van der Waals surface area contributed by atoms with Gasteiger partial charge < -0.3 is 10.5 Å². The number of hydrogen-bond donors (Lipinski definition) is 3. The molecule has 2 aromatic carbocycles. The Hall–Kier alpha value is -3.44. The van der Waals surface area contributed by atoms with E-state index in [1.807, 2.05) is 52.0 Å². The molecule has 11 heteroatoms. The average molecular weight is 602 g/mol. The molecule has 0 bridgehead atoms. The molecule has 222 valence electrons. The van der Waals surface area contributed by atoms with Crippen LogP contribution in [-0.4, -0.2) is 50.1 Å². The molecule has 9 nitrogen and oxygen atoms in total. The maximum absolute atomic E-state index is 13.1. The number of aliphatic carboxylic acids is 1. The van der Waals surface area contributed by atoms with E-state index < -0.39 is 31.4 Å². The SMILES string of the molecule is CCC(C(=N)CCc1c(C(C)(C)C)n(S(C)(=O)=O)c2cc(NS(C)(=O)=O)ccc12)c1ccc(C/C=C/C(=O)O)cc1. The van der Waals surface area contributed by atoms with E-state index in [-0.39, 0.29) is 11.6 Å². The van der Waals surface area contributed by atoms with Crippen LogP contribution in [0.3, 0.4) is 0 Å². The number of anilines is 1. The van der Waals surface area contributed by atoms with Crippen molar-refractivity contribution in [1.82, 2.24) is 3.97 Å². The van der Waals surface area contributed by atoms with Crippen molar-refractivity contribution < 1.29 is 26.7 Å². The summed E-state index contributed by atoms with van der Waals surface area (Å²) >= 11 is 0. The molecule has 0 spiro atoms. The monoisotopic (exact) mass is 601 g/mol. The summed E-state index contributed by atoms with van der Waals surface area (Å²) in [7, 11) is -7.31. The second-order valence-electron chi connectivity index (χ2n) is 11.4. The Bertz CT molecular complexity index is 1700. The Morgan fingerprint density at radius 2 is 1.71 bits per heavy atom. The number of allylic oxidation sites excluding steroid dienone is 1. The van der Waals surface area contributed by atoms with E-state index in [1.54, 1.807) is 24.3 Å². The van der Waals surface area contributed by atoms with Gasteiger partial charge in [-0.25, -0.2) is 25.6 Å². The summed E-state index contributed by atoms with van der Waals surface area (Å²) in [6, 6.07) is 12.7. The summed E-state index contributed by atoms with van der Waals surface area (Å²) in [4.78, 5) is 10.7. The molecule has 0 aliphatic carbocycles. The van der Waals surface area contributed by atoms with Crippen LogP contribution in [0.4, 0.5) is 5.69 Å². The van der Waals surface area contributed by atoms with Gasteiger partial charge in [-0.15, -0.1) is 0 Å². The van der Waals surface area contributed by atoms with Gasteiger partial charge in [-0.05, 0) is 54.5 Å². The molecule has 0 saturated heterocycles. The second kappa shape index (κ2) is 12.2. The number of sulfonamides is 1. The zero-order valence-corrected chi connectivity index (χ0v) is 26.0. The fourth-order valence-corrected chi connectivity index (χ4v) is 7.04. The van der Waals surface area contributed by atoms with Crippen molar-refractivity contribution in [3.63, 3.8) is 0 Å². The van der Waals surface area contributed by atoms with Gasteiger partial charge in [0.05, 0.1) is 23.7 Å². The number of benzene rings is 2. The molecule has 3 aromatic rings. The highest BCUT2D eigenvalue weighted by atomic mass is 32.2. The van der Waals surface area contributed by atoms with Crippen LogP contribution in [0.2, 0.25) is 0 Å². The minimum Gasteiger partial charge on any atom is -0.478 e. The lowest BCUT2D eigenvalue weighted by Crippen LogP contribution is -2.24. The van der Waals surface area contributed by atoms with Crippen molar-refractivity contribution in [2.75, 3.05) is 17.2 Å². The molecule has 0 aliphatic rings. The number of rotatable bonds is 12. The minimum absolute atomic E-state index is 0.120. The highest BCUT2D eigenvalue weighted by Gasteiger charge is 2.31. The molecule has 3 rings (SSSR count). The lowest BCUT2D eigenvalue weighted by Gasteiger charge is -2.24. The van der Waals surface area contributed by atoms with Gasteiger partial charge in [-0.2, -0.15) is 0 Å². The number of carboxylic acids is 1. The van der Waals surface area contributed by atoms with Gasteiger partial charge in [0.1, 0.15) is 0 Å². The molecular formula is C30H39N3O6S2. The number of hydrogen-bond acceptors (Lipinski definition) is 6. The summed E-state index contributed by atoms with van der Waals surface area (Å²) in [5.41, 5.74) is 4.05. The Balaban J connectivity index is 1.99. The zero-order chi connectivity index (χ0) is 30.8. The Morgan fingerprint density at radius 1 is 1.07 bits per heavy atom. The lowest BCUT2D eigenvalue weighted by molar-refractivity contribution is -0.131. The third kappa shape index (κ3) is 8.07. The van der Waals surface area contributed by atoms with Gasteiger partial charge in [0, 0.05) is 34.2 Å². The lowest BCUT2D eigenvalue weighted by atomic mass is 9.84. The topological polar surface area (TPSA) is 146 Å². The first-order chi connectivity index (χ1) is 18.9. The van der Waals surface area contributed by atoms with Crippen LogP contribution < -0.4 is 4.72 Å². The third-order valence-corrected chi connectivity index (χ3v) is 8.49. The molecule has 1 heterocycles. The van der Waals surface area contributed by atoms with Crippen molar-refractivity contribution in [1.29, 1.82) is 5.41 Å². The standard InChI is InChI=1S/C30H39N3O6S2/c1-7-23(21-13-11-20(12-14-21)9-8-10-28(34)35)26(31)18-17-25-24-16-15-22(32-40(5,36)37)19-27(24)33(41(6,38)39)29(25)30(2,3)4/h8,10-16,19,23,31-32H,7,9,17-18H2,1-6H3,(H,34,35)/b10-8+,31-26?. The molecule has 1 aromatic heterocycles. The van der Waals surface area contributed by atoms with Gasteiger partial charge in [0.2, 0.25) is 20.0 Å². The third-order valence-electron chi connectivity index (χ3n) is 6.85. The summed E-state index contributed by atoms with van der Waals surface area (Å²) in [5.74, 6) is -1.10. The number of aryl methyl sites for hydroxylation is 1. The molecule has 0 saturated carbocycles. The quantitative estimate of drug-likeness (QED) is 0.186.